The highest BCUT2D eigenvalue weighted by atomic mass is 16.2. The lowest BCUT2D eigenvalue weighted by Crippen LogP contribution is -2.31. The Morgan fingerprint density at radius 3 is 2.38 bits per heavy atom. The molecule has 2 unspecified atom stereocenters. The van der Waals surface area contributed by atoms with E-state index >= 15 is 0 Å². The number of aliphatic hydroxyl groups excluding tert-OH is 1. The van der Waals surface area contributed by atoms with Crippen molar-refractivity contribution in [3.63, 3.8) is 0 Å². The first-order chi connectivity index (χ1) is 13.9. The van der Waals surface area contributed by atoms with Crippen LogP contribution >= 0.6 is 0 Å². The van der Waals surface area contributed by atoms with Gasteiger partial charge in [0.15, 0.2) is 12.0 Å². The number of aliphatic hydroxyl groups is 1. The number of H-pyrrole nitrogens is 1. The monoisotopic (exact) mass is 397 g/mol. The lowest BCUT2D eigenvalue weighted by Gasteiger charge is -2.16. The highest BCUT2D eigenvalue weighted by Crippen LogP contribution is 2.37. The molecule has 0 radical (unpaired) electrons. The van der Waals surface area contributed by atoms with Gasteiger partial charge in [-0.2, -0.15) is 0 Å². The molecule has 0 spiro atoms. The molecule has 6 nitrogen and oxygen atoms in total. The van der Waals surface area contributed by atoms with Gasteiger partial charge in [0.25, 0.3) is 5.69 Å². The molecule has 0 saturated heterocycles. The molecular weight excluding hydrogens is 368 g/mol. The minimum atomic E-state index is -0.659. The van der Waals surface area contributed by atoms with E-state index in [9.17, 15) is 14.4 Å². The summed E-state index contributed by atoms with van der Waals surface area (Å²) in [5.41, 5.74) is 4.44. The van der Waals surface area contributed by atoms with E-state index in [1.54, 1.807) is 24.4 Å². The number of aromatic nitrogens is 1. The zero-order valence-electron chi connectivity index (χ0n) is 17.4. The van der Waals surface area contributed by atoms with Crippen LogP contribution in [0.3, 0.4) is 0 Å². The number of carbonyl (C=O) groups excluding carboxylic acids is 3. The number of hydrogen-bond donors (Lipinski definition) is 2. The van der Waals surface area contributed by atoms with E-state index in [1.807, 2.05) is 32.9 Å². The zero-order valence-corrected chi connectivity index (χ0v) is 17.4. The fourth-order valence-corrected chi connectivity index (χ4v) is 4.04. The van der Waals surface area contributed by atoms with Gasteiger partial charge in [0, 0.05) is 38.1 Å². The van der Waals surface area contributed by atoms with Crippen LogP contribution in [0.4, 0.5) is 0 Å². The molecular formula is C23H29N2O4+. The third-order valence-electron chi connectivity index (χ3n) is 5.22. The molecule has 1 saturated carbocycles. The molecule has 6 heteroatoms. The summed E-state index contributed by atoms with van der Waals surface area (Å²) in [4.78, 5) is 40.5. The number of amides is 1. The Hall–Kier alpha value is -2.86. The van der Waals surface area contributed by atoms with E-state index in [0.717, 1.165) is 29.4 Å². The lowest BCUT2D eigenvalue weighted by molar-refractivity contribution is -0.382. The van der Waals surface area contributed by atoms with Gasteiger partial charge in [-0.05, 0) is 49.9 Å². The van der Waals surface area contributed by atoms with Crippen LogP contribution in [0, 0.1) is 26.7 Å². The van der Waals surface area contributed by atoms with Crippen LogP contribution in [0.25, 0.3) is 0 Å². The van der Waals surface area contributed by atoms with Crippen molar-refractivity contribution in [2.45, 2.75) is 39.5 Å². The Morgan fingerprint density at radius 1 is 1.14 bits per heavy atom. The molecule has 2 aromatic rings. The zero-order chi connectivity index (χ0) is 21.6. The number of benzene rings is 1. The quantitative estimate of drug-likeness (QED) is 0.755. The van der Waals surface area contributed by atoms with Gasteiger partial charge in [0.2, 0.25) is 0 Å². The van der Waals surface area contributed by atoms with Crippen molar-refractivity contribution in [3.05, 3.63) is 64.5 Å². The van der Waals surface area contributed by atoms with Crippen LogP contribution in [-0.4, -0.2) is 36.2 Å². The Morgan fingerprint density at radius 2 is 1.79 bits per heavy atom. The van der Waals surface area contributed by atoms with Crippen molar-refractivity contribution < 1.29 is 24.5 Å². The summed E-state index contributed by atoms with van der Waals surface area (Å²) in [6, 6.07) is 9.31. The van der Waals surface area contributed by atoms with Crippen LogP contribution in [0.2, 0.25) is 0 Å². The SMILES string of the molecule is CO.Cc1cc(C)c(C2C(=O)CC(CCNC(=O)c3cccc[nH+]3)C2=O)c(C)c1. The normalized spacial score (nSPS) is 18.2. The first-order valence-corrected chi connectivity index (χ1v) is 9.72. The number of nitrogens with one attached hydrogen (secondary N) is 2. The van der Waals surface area contributed by atoms with E-state index < -0.39 is 5.92 Å². The smallest absolute Gasteiger partial charge is 0.316 e. The van der Waals surface area contributed by atoms with Gasteiger partial charge in [0.05, 0.1) is 0 Å². The van der Waals surface area contributed by atoms with E-state index in [2.05, 4.69) is 10.3 Å². The fraction of sp³-hybridized carbons (Fsp3) is 0.391. The first kappa shape index (κ1) is 22.4. The molecule has 29 heavy (non-hydrogen) atoms. The number of carbonyl (C=O) groups is 3. The first-order valence-electron chi connectivity index (χ1n) is 9.72. The van der Waals surface area contributed by atoms with Crippen LogP contribution in [-0.2, 0) is 9.59 Å². The second-order valence-corrected chi connectivity index (χ2v) is 7.34. The molecule has 154 valence electrons. The Balaban J connectivity index is 0.00000145. The highest BCUT2D eigenvalue weighted by Gasteiger charge is 2.42. The van der Waals surface area contributed by atoms with Crippen LogP contribution in [0.5, 0.6) is 0 Å². The number of aryl methyl sites for hydroxylation is 3. The van der Waals surface area contributed by atoms with Crippen molar-refractivity contribution in [1.29, 1.82) is 0 Å². The lowest BCUT2D eigenvalue weighted by atomic mass is 9.86. The number of aromatic amines is 1. The Kier molecular flexibility index (Phi) is 7.79. The van der Waals surface area contributed by atoms with Gasteiger partial charge < -0.3 is 10.4 Å². The van der Waals surface area contributed by atoms with Crippen LogP contribution in [0.1, 0.15) is 51.5 Å². The van der Waals surface area contributed by atoms with Crippen molar-refractivity contribution in [2.75, 3.05) is 13.7 Å². The second kappa shape index (κ2) is 10.1. The minimum absolute atomic E-state index is 0.0113. The molecule has 1 aromatic heterocycles. The van der Waals surface area contributed by atoms with E-state index in [4.69, 9.17) is 5.11 Å². The summed E-state index contributed by atoms with van der Waals surface area (Å²) in [6.45, 7) is 6.29. The molecule has 3 N–H and O–H groups in total. The molecule has 1 aliphatic carbocycles. The van der Waals surface area contributed by atoms with Crippen molar-refractivity contribution in [1.82, 2.24) is 5.32 Å². The molecule has 1 fully saturated rings. The predicted molar refractivity (Wildman–Crippen MR) is 110 cm³/mol. The predicted octanol–water partition coefficient (Wildman–Crippen LogP) is 2.10. The van der Waals surface area contributed by atoms with Crippen LogP contribution in [0.15, 0.2) is 36.5 Å². The summed E-state index contributed by atoms with van der Waals surface area (Å²) in [5, 5.41) is 9.81. The van der Waals surface area contributed by atoms with Crippen molar-refractivity contribution in [3.8, 4) is 0 Å². The number of rotatable bonds is 5. The van der Waals surface area contributed by atoms with Gasteiger partial charge in [-0.15, -0.1) is 0 Å². The third kappa shape index (κ3) is 5.15. The van der Waals surface area contributed by atoms with E-state index in [-0.39, 0.29) is 29.8 Å². The molecule has 0 aliphatic heterocycles. The average molecular weight is 397 g/mol. The summed E-state index contributed by atoms with van der Waals surface area (Å²) < 4.78 is 0. The molecule has 1 amide bonds. The molecule has 1 heterocycles. The van der Waals surface area contributed by atoms with Gasteiger partial charge in [0.1, 0.15) is 11.7 Å². The fourth-order valence-electron chi connectivity index (χ4n) is 4.04. The maximum atomic E-state index is 12.9. The molecule has 3 rings (SSSR count). The number of ketones is 2. The van der Waals surface area contributed by atoms with E-state index in [1.165, 1.54) is 0 Å². The maximum absolute atomic E-state index is 12.9. The third-order valence-corrected chi connectivity index (χ3v) is 5.22. The van der Waals surface area contributed by atoms with Crippen molar-refractivity contribution >= 4 is 17.5 Å². The van der Waals surface area contributed by atoms with Crippen molar-refractivity contribution in [2.24, 2.45) is 5.92 Å². The topological polar surface area (TPSA) is 97.6 Å². The Bertz CT molecular complexity index is 870. The summed E-state index contributed by atoms with van der Waals surface area (Å²) in [5.74, 6) is -1.23. The second-order valence-electron chi connectivity index (χ2n) is 7.34. The average Bonchev–Trinajstić information content (AvgIpc) is 2.97. The summed E-state index contributed by atoms with van der Waals surface area (Å²) >= 11 is 0. The number of pyridine rings is 1. The number of hydrogen-bond acceptors (Lipinski definition) is 4. The molecule has 0 bridgehead atoms. The van der Waals surface area contributed by atoms with Gasteiger partial charge in [-0.3, -0.25) is 14.4 Å². The van der Waals surface area contributed by atoms with Gasteiger partial charge in [-0.25, -0.2) is 4.98 Å². The molecule has 2 atom stereocenters. The minimum Gasteiger partial charge on any atom is -0.400 e. The summed E-state index contributed by atoms with van der Waals surface area (Å²) in [6.07, 6.45) is 2.41. The largest absolute Gasteiger partial charge is 0.400 e. The molecule has 1 aliphatic rings. The standard InChI is InChI=1S/C22H24N2O3.CH4O/c1-13-10-14(2)19(15(3)11-13)20-18(25)12-16(21(20)26)7-9-24-22(27)17-6-4-5-8-23-17;1-2/h4-6,8,10-11,16,20H,7,9,12H2,1-3H3,(H,24,27);2H,1H3/p+1. The number of Topliss-reactive ketones (excluding diaryl/α,β-unsaturated/α-hetero) is 2. The summed E-state index contributed by atoms with van der Waals surface area (Å²) in [7, 11) is 1.00. The van der Waals surface area contributed by atoms with E-state index in [0.29, 0.717) is 18.7 Å². The van der Waals surface area contributed by atoms with Crippen LogP contribution < -0.4 is 10.3 Å². The highest BCUT2D eigenvalue weighted by molar-refractivity contribution is 6.15. The molecule has 1 aromatic carbocycles. The maximum Gasteiger partial charge on any atom is 0.316 e. The Labute approximate surface area is 171 Å². The van der Waals surface area contributed by atoms with Gasteiger partial charge >= 0.3 is 5.91 Å². The van der Waals surface area contributed by atoms with Gasteiger partial charge in [-0.1, -0.05) is 17.7 Å².